The molecule has 1 aliphatic rings. The van der Waals surface area contributed by atoms with Crippen LogP contribution in [0.15, 0.2) is 65.8 Å². The summed E-state index contributed by atoms with van der Waals surface area (Å²) in [6, 6.07) is 12.2. The molecule has 4 aromatic rings. The summed E-state index contributed by atoms with van der Waals surface area (Å²) < 4.78 is 12.7. The van der Waals surface area contributed by atoms with Crippen LogP contribution in [0.4, 0.5) is 0 Å². The molecule has 1 saturated heterocycles. The molecule has 1 atom stereocenters. The lowest BCUT2D eigenvalue weighted by Crippen LogP contribution is -2.23. The summed E-state index contributed by atoms with van der Waals surface area (Å²) in [4.78, 5) is 15.6. The van der Waals surface area contributed by atoms with Crippen molar-refractivity contribution in [3.05, 3.63) is 72.8 Å². The molecule has 8 nitrogen and oxygen atoms in total. The van der Waals surface area contributed by atoms with Crippen LogP contribution in [0.5, 0.6) is 5.75 Å². The van der Waals surface area contributed by atoms with Gasteiger partial charge < -0.3 is 9.26 Å². The molecule has 30 heavy (non-hydrogen) atoms. The highest BCUT2D eigenvalue weighted by molar-refractivity contribution is 5.53. The second kappa shape index (κ2) is 8.08. The first-order valence-corrected chi connectivity index (χ1v) is 9.95. The van der Waals surface area contributed by atoms with Crippen molar-refractivity contribution in [3.8, 4) is 23.0 Å². The van der Waals surface area contributed by atoms with E-state index >= 15 is 0 Å². The maximum atomic E-state index is 5.64. The van der Waals surface area contributed by atoms with Crippen LogP contribution in [0.25, 0.3) is 17.2 Å². The second-order valence-electron chi connectivity index (χ2n) is 7.31. The van der Waals surface area contributed by atoms with Crippen molar-refractivity contribution in [1.29, 1.82) is 0 Å². The molecule has 0 aliphatic carbocycles. The summed E-state index contributed by atoms with van der Waals surface area (Å²) in [5.74, 6) is 2.88. The van der Waals surface area contributed by atoms with E-state index in [-0.39, 0.29) is 6.04 Å². The van der Waals surface area contributed by atoms with Crippen molar-refractivity contribution < 1.29 is 9.26 Å². The maximum absolute atomic E-state index is 5.64. The van der Waals surface area contributed by atoms with Crippen LogP contribution in [0.3, 0.4) is 0 Å². The van der Waals surface area contributed by atoms with Gasteiger partial charge in [-0.25, -0.2) is 9.97 Å². The molecule has 0 radical (unpaired) electrons. The quantitative estimate of drug-likeness (QED) is 0.487. The van der Waals surface area contributed by atoms with E-state index in [0.717, 1.165) is 43.1 Å². The van der Waals surface area contributed by atoms with Crippen LogP contribution in [0.1, 0.15) is 30.3 Å². The Balaban J connectivity index is 1.31. The van der Waals surface area contributed by atoms with Gasteiger partial charge in [0.25, 0.3) is 0 Å². The summed E-state index contributed by atoms with van der Waals surface area (Å²) in [7, 11) is 1.68. The van der Waals surface area contributed by atoms with E-state index in [4.69, 9.17) is 9.26 Å². The average Bonchev–Trinajstić information content (AvgIpc) is 3.56. The zero-order valence-corrected chi connectivity index (χ0v) is 16.7. The predicted molar refractivity (Wildman–Crippen MR) is 110 cm³/mol. The van der Waals surface area contributed by atoms with Gasteiger partial charge in [0, 0.05) is 30.7 Å². The van der Waals surface area contributed by atoms with E-state index < -0.39 is 0 Å². The van der Waals surface area contributed by atoms with Gasteiger partial charge in [-0.05, 0) is 49.2 Å². The monoisotopic (exact) mass is 402 g/mol. The molecule has 1 aliphatic heterocycles. The lowest BCUT2D eigenvalue weighted by molar-refractivity contribution is 0.201. The average molecular weight is 402 g/mol. The zero-order chi connectivity index (χ0) is 20.3. The Bertz CT molecular complexity index is 1090. The summed E-state index contributed by atoms with van der Waals surface area (Å²) >= 11 is 0. The number of nitrogens with zero attached hydrogens (tertiary/aromatic N) is 6. The highest BCUT2D eigenvalue weighted by Gasteiger charge is 2.30. The molecular formula is C22H22N6O2. The summed E-state index contributed by atoms with van der Waals surface area (Å²) in [6.45, 7) is 1.85. The Hall–Kier alpha value is -3.52. The number of hydrogen-bond acceptors (Lipinski definition) is 7. The van der Waals surface area contributed by atoms with Gasteiger partial charge in [0.2, 0.25) is 11.7 Å². The predicted octanol–water partition coefficient (Wildman–Crippen LogP) is 3.66. The minimum absolute atomic E-state index is 0.131. The third kappa shape index (κ3) is 3.69. The van der Waals surface area contributed by atoms with Gasteiger partial charge in [0.1, 0.15) is 17.9 Å². The smallest absolute Gasteiger partial charge is 0.244 e. The summed E-state index contributed by atoms with van der Waals surface area (Å²) in [5.41, 5.74) is 2.07. The van der Waals surface area contributed by atoms with Crippen molar-refractivity contribution in [3.63, 3.8) is 0 Å². The van der Waals surface area contributed by atoms with Gasteiger partial charge in [0.05, 0.1) is 13.2 Å². The van der Waals surface area contributed by atoms with Crippen LogP contribution >= 0.6 is 0 Å². The first-order valence-electron chi connectivity index (χ1n) is 9.95. The van der Waals surface area contributed by atoms with Crippen molar-refractivity contribution in [2.75, 3.05) is 13.7 Å². The van der Waals surface area contributed by atoms with Gasteiger partial charge in [-0.3, -0.25) is 9.47 Å². The fraction of sp³-hybridized carbons (Fsp3) is 0.273. The molecule has 0 saturated carbocycles. The molecule has 4 heterocycles. The third-order valence-corrected chi connectivity index (χ3v) is 5.41. The second-order valence-corrected chi connectivity index (χ2v) is 7.31. The van der Waals surface area contributed by atoms with Gasteiger partial charge in [-0.2, -0.15) is 4.98 Å². The number of methoxy groups -OCH3 is 1. The molecule has 0 N–H and O–H groups in total. The number of aromatic nitrogens is 5. The SMILES string of the molecule is COc1ccc(CN2CCC[C@H]2c2nc(-c3ccc(-n4ccnc4)nc3)no2)cc1. The number of likely N-dealkylation sites (tertiary alicyclic amines) is 1. The van der Waals surface area contributed by atoms with Gasteiger partial charge in [-0.1, -0.05) is 17.3 Å². The topological polar surface area (TPSA) is 82.1 Å². The Morgan fingerprint density at radius 3 is 2.80 bits per heavy atom. The molecule has 1 fully saturated rings. The first-order chi connectivity index (χ1) is 14.8. The lowest BCUT2D eigenvalue weighted by atomic mass is 10.1. The Kier molecular flexibility index (Phi) is 4.98. The van der Waals surface area contributed by atoms with Crippen LogP contribution in [-0.2, 0) is 6.54 Å². The molecule has 5 rings (SSSR count). The number of hydrogen-bond donors (Lipinski definition) is 0. The molecule has 0 unspecified atom stereocenters. The van der Waals surface area contributed by atoms with Crippen molar-refractivity contribution >= 4 is 0 Å². The minimum Gasteiger partial charge on any atom is -0.497 e. The third-order valence-electron chi connectivity index (χ3n) is 5.41. The zero-order valence-electron chi connectivity index (χ0n) is 16.7. The van der Waals surface area contributed by atoms with E-state index in [1.54, 1.807) is 25.8 Å². The fourth-order valence-corrected chi connectivity index (χ4v) is 3.81. The van der Waals surface area contributed by atoms with Gasteiger partial charge >= 0.3 is 0 Å². The van der Waals surface area contributed by atoms with Crippen LogP contribution in [-0.4, -0.2) is 43.2 Å². The fourth-order valence-electron chi connectivity index (χ4n) is 3.81. The van der Waals surface area contributed by atoms with Gasteiger partial charge in [0.15, 0.2) is 0 Å². The number of ether oxygens (including phenoxy) is 1. The largest absolute Gasteiger partial charge is 0.497 e. The maximum Gasteiger partial charge on any atom is 0.244 e. The number of imidazole rings is 1. The molecule has 0 amide bonds. The van der Waals surface area contributed by atoms with E-state index in [2.05, 4.69) is 37.1 Å². The van der Waals surface area contributed by atoms with E-state index in [0.29, 0.717) is 11.7 Å². The summed E-state index contributed by atoms with van der Waals surface area (Å²) in [6.07, 6.45) is 9.17. The number of benzene rings is 1. The molecule has 1 aromatic carbocycles. The van der Waals surface area contributed by atoms with Gasteiger partial charge in [-0.15, -0.1) is 0 Å². The normalized spacial score (nSPS) is 16.8. The number of rotatable bonds is 6. The van der Waals surface area contributed by atoms with Crippen LogP contribution in [0, 0.1) is 0 Å². The van der Waals surface area contributed by atoms with E-state index in [1.807, 2.05) is 35.0 Å². The first kappa shape index (κ1) is 18.5. The standard InChI is InChI=1S/C22H22N6O2/c1-29-18-7-4-16(5-8-18)14-27-11-2-3-19(27)22-25-21(26-30-22)17-6-9-20(24-13-17)28-12-10-23-15-28/h4-10,12-13,15,19H,2-3,11,14H2,1H3/t19-/m0/s1. The highest BCUT2D eigenvalue weighted by Crippen LogP contribution is 2.33. The molecular weight excluding hydrogens is 380 g/mol. The van der Waals surface area contributed by atoms with E-state index in [1.165, 1.54) is 5.56 Å². The van der Waals surface area contributed by atoms with Crippen molar-refractivity contribution in [2.45, 2.75) is 25.4 Å². The molecule has 3 aromatic heterocycles. The van der Waals surface area contributed by atoms with Crippen LogP contribution in [0.2, 0.25) is 0 Å². The molecule has 0 bridgehead atoms. The lowest BCUT2D eigenvalue weighted by Gasteiger charge is -2.21. The van der Waals surface area contributed by atoms with Crippen molar-refractivity contribution in [1.82, 2.24) is 29.6 Å². The molecule has 152 valence electrons. The summed E-state index contributed by atoms with van der Waals surface area (Å²) in [5, 5.41) is 4.20. The molecule has 8 heteroatoms. The Morgan fingerprint density at radius 1 is 1.17 bits per heavy atom. The van der Waals surface area contributed by atoms with Crippen LogP contribution < -0.4 is 4.74 Å². The number of pyridine rings is 1. The Labute approximate surface area is 174 Å². The van der Waals surface area contributed by atoms with Crippen molar-refractivity contribution in [2.24, 2.45) is 0 Å². The Morgan fingerprint density at radius 2 is 2.07 bits per heavy atom. The van der Waals surface area contributed by atoms with E-state index in [9.17, 15) is 0 Å². The highest BCUT2D eigenvalue weighted by atomic mass is 16.5. The minimum atomic E-state index is 0.131. The molecule has 0 spiro atoms.